The van der Waals surface area contributed by atoms with Crippen LogP contribution in [0.4, 0.5) is 0 Å². The minimum Gasteiger partial charge on any atom is -0.258 e. The van der Waals surface area contributed by atoms with Crippen LogP contribution >= 0.6 is 23.6 Å². The first kappa shape index (κ1) is 15.4. The van der Waals surface area contributed by atoms with Crippen LogP contribution in [0.5, 0.6) is 0 Å². The highest BCUT2D eigenvalue weighted by Gasteiger charge is 2.18. The molecule has 4 heteroatoms. The maximum absolute atomic E-state index is 5.10. The molecule has 0 bridgehead atoms. The van der Waals surface area contributed by atoms with Gasteiger partial charge in [-0.05, 0) is 46.0 Å². The average molecular weight is 329 g/mol. The fraction of sp³-hybridized carbons (Fsp3) is 0.333. The van der Waals surface area contributed by atoms with Gasteiger partial charge in [0.15, 0.2) is 3.95 Å². The first-order valence-electron chi connectivity index (χ1n) is 7.55. The van der Waals surface area contributed by atoms with Crippen molar-refractivity contribution in [1.29, 1.82) is 0 Å². The Bertz CT molecular complexity index is 859. The predicted octanol–water partition coefficient (Wildman–Crippen LogP) is 5.63. The smallest absolute Gasteiger partial charge is 0.176 e. The molecule has 22 heavy (non-hydrogen) atoms. The molecule has 0 spiro atoms. The molecule has 0 aliphatic rings. The van der Waals surface area contributed by atoms with Gasteiger partial charge in [0.1, 0.15) is 5.01 Å². The van der Waals surface area contributed by atoms with Crippen molar-refractivity contribution in [3.05, 3.63) is 56.5 Å². The molecule has 0 radical (unpaired) electrons. The van der Waals surface area contributed by atoms with Crippen molar-refractivity contribution in [2.75, 3.05) is 0 Å². The number of rotatable bonds is 4. The highest BCUT2D eigenvalue weighted by atomic mass is 32.1. The van der Waals surface area contributed by atoms with E-state index in [1.807, 2.05) is 0 Å². The van der Waals surface area contributed by atoms with Crippen molar-refractivity contribution in [1.82, 2.24) is 10.2 Å². The molecule has 2 aromatic carbocycles. The molecule has 3 rings (SSSR count). The third kappa shape index (κ3) is 3.13. The van der Waals surface area contributed by atoms with Gasteiger partial charge in [-0.1, -0.05) is 68.5 Å². The Labute approximate surface area is 140 Å². The Hall–Kier alpha value is -1.52. The minimum absolute atomic E-state index is 0.214. The Morgan fingerprint density at radius 3 is 2.59 bits per heavy atom. The van der Waals surface area contributed by atoms with Gasteiger partial charge in [0, 0.05) is 6.42 Å². The third-order valence-electron chi connectivity index (χ3n) is 4.41. The first-order valence-corrected chi connectivity index (χ1v) is 8.78. The second-order valence-corrected chi connectivity index (χ2v) is 8.07. The number of aromatic nitrogens is 2. The van der Waals surface area contributed by atoms with E-state index in [9.17, 15) is 0 Å². The van der Waals surface area contributed by atoms with Gasteiger partial charge in [-0.15, -0.1) is 0 Å². The Balaban J connectivity index is 1.98. The normalized spacial score (nSPS) is 12.0. The van der Waals surface area contributed by atoms with Gasteiger partial charge in [0.2, 0.25) is 0 Å². The standard InChI is InChI=1S/C18H20N2S2/c1-4-18(2,3)15-8-7-13-6-5-12(9-14(13)11-15)10-16-19-20-17(21)22-16/h5-9,11H,4,10H2,1-3H3,(H,20,21). The topological polar surface area (TPSA) is 28.7 Å². The number of hydrogen-bond donors (Lipinski definition) is 1. The van der Waals surface area contributed by atoms with Crippen molar-refractivity contribution >= 4 is 34.3 Å². The number of nitrogens with one attached hydrogen (secondary N) is 1. The van der Waals surface area contributed by atoms with Crippen LogP contribution in [0.15, 0.2) is 36.4 Å². The Morgan fingerprint density at radius 1 is 1.14 bits per heavy atom. The van der Waals surface area contributed by atoms with E-state index in [1.54, 1.807) is 11.3 Å². The van der Waals surface area contributed by atoms with E-state index >= 15 is 0 Å². The number of nitrogens with zero attached hydrogens (tertiary/aromatic N) is 1. The zero-order chi connectivity index (χ0) is 15.7. The number of fused-ring (bicyclic) bond motifs is 1. The van der Waals surface area contributed by atoms with E-state index in [-0.39, 0.29) is 5.41 Å². The van der Waals surface area contributed by atoms with Crippen molar-refractivity contribution in [2.45, 2.75) is 39.0 Å². The fourth-order valence-electron chi connectivity index (χ4n) is 2.54. The van der Waals surface area contributed by atoms with Crippen molar-refractivity contribution in [3.8, 4) is 0 Å². The monoisotopic (exact) mass is 328 g/mol. The van der Waals surface area contributed by atoms with Gasteiger partial charge >= 0.3 is 0 Å². The highest BCUT2D eigenvalue weighted by molar-refractivity contribution is 7.73. The zero-order valence-corrected chi connectivity index (χ0v) is 14.8. The minimum atomic E-state index is 0.214. The molecule has 1 aromatic heterocycles. The summed E-state index contributed by atoms with van der Waals surface area (Å²) in [5, 5.41) is 10.7. The summed E-state index contributed by atoms with van der Waals surface area (Å²) in [6, 6.07) is 13.5. The van der Waals surface area contributed by atoms with Gasteiger partial charge in [-0.2, -0.15) is 5.10 Å². The molecule has 0 saturated heterocycles. The van der Waals surface area contributed by atoms with Gasteiger partial charge in [0.05, 0.1) is 0 Å². The molecule has 0 fully saturated rings. The third-order valence-corrected chi connectivity index (χ3v) is 5.50. The van der Waals surface area contributed by atoms with E-state index in [2.05, 4.69) is 67.4 Å². The molecule has 0 unspecified atom stereocenters. The molecule has 1 heterocycles. The number of H-pyrrole nitrogens is 1. The molecular weight excluding hydrogens is 308 g/mol. The summed E-state index contributed by atoms with van der Waals surface area (Å²) in [5.41, 5.74) is 2.89. The molecule has 1 N–H and O–H groups in total. The molecular formula is C18H20N2S2. The van der Waals surface area contributed by atoms with Gasteiger partial charge < -0.3 is 0 Å². The molecule has 0 atom stereocenters. The van der Waals surface area contributed by atoms with Crippen LogP contribution in [-0.4, -0.2) is 10.2 Å². The molecule has 3 aromatic rings. The van der Waals surface area contributed by atoms with E-state index in [1.165, 1.54) is 21.9 Å². The lowest BCUT2D eigenvalue weighted by Gasteiger charge is -2.23. The molecule has 2 nitrogen and oxygen atoms in total. The highest BCUT2D eigenvalue weighted by Crippen LogP contribution is 2.30. The summed E-state index contributed by atoms with van der Waals surface area (Å²) in [6.45, 7) is 6.84. The summed E-state index contributed by atoms with van der Waals surface area (Å²) in [5.74, 6) is 0. The van der Waals surface area contributed by atoms with Crippen molar-refractivity contribution in [2.24, 2.45) is 0 Å². The summed E-state index contributed by atoms with van der Waals surface area (Å²) in [6.07, 6.45) is 1.96. The maximum Gasteiger partial charge on any atom is 0.176 e. The molecule has 114 valence electrons. The van der Waals surface area contributed by atoms with Crippen LogP contribution in [0.3, 0.4) is 0 Å². The number of hydrogen-bond acceptors (Lipinski definition) is 3. The van der Waals surface area contributed by atoms with Gasteiger partial charge in [0.25, 0.3) is 0 Å². The van der Waals surface area contributed by atoms with Crippen molar-refractivity contribution < 1.29 is 0 Å². The SMILES string of the molecule is CCC(C)(C)c1ccc2ccc(Cc3n[nH]c(=S)s3)cc2c1. The van der Waals surface area contributed by atoms with E-state index in [0.29, 0.717) is 0 Å². The molecule has 0 aliphatic heterocycles. The molecule has 0 aliphatic carbocycles. The Morgan fingerprint density at radius 2 is 1.91 bits per heavy atom. The number of aromatic amines is 1. The van der Waals surface area contributed by atoms with E-state index in [4.69, 9.17) is 12.2 Å². The van der Waals surface area contributed by atoms with Crippen LogP contribution < -0.4 is 0 Å². The summed E-state index contributed by atoms with van der Waals surface area (Å²) in [4.78, 5) is 0. The largest absolute Gasteiger partial charge is 0.258 e. The van der Waals surface area contributed by atoms with Crippen LogP contribution in [0.25, 0.3) is 10.8 Å². The van der Waals surface area contributed by atoms with Crippen LogP contribution in [0.1, 0.15) is 43.3 Å². The zero-order valence-electron chi connectivity index (χ0n) is 13.1. The lowest BCUT2D eigenvalue weighted by Crippen LogP contribution is -2.15. The van der Waals surface area contributed by atoms with Crippen LogP contribution in [0, 0.1) is 3.95 Å². The van der Waals surface area contributed by atoms with Crippen LogP contribution in [0.2, 0.25) is 0 Å². The first-order chi connectivity index (χ1) is 10.5. The molecule has 0 amide bonds. The van der Waals surface area contributed by atoms with Gasteiger partial charge in [-0.3, -0.25) is 5.10 Å². The van der Waals surface area contributed by atoms with Crippen molar-refractivity contribution in [3.63, 3.8) is 0 Å². The van der Waals surface area contributed by atoms with Gasteiger partial charge in [-0.25, -0.2) is 0 Å². The maximum atomic E-state index is 5.10. The predicted molar refractivity (Wildman–Crippen MR) is 97.4 cm³/mol. The van der Waals surface area contributed by atoms with E-state index < -0.39 is 0 Å². The quantitative estimate of drug-likeness (QED) is 0.629. The molecule has 0 saturated carbocycles. The lowest BCUT2D eigenvalue weighted by atomic mass is 9.81. The second kappa shape index (κ2) is 5.94. The fourth-order valence-corrected chi connectivity index (χ4v) is 3.51. The summed E-state index contributed by atoms with van der Waals surface area (Å²) in [7, 11) is 0. The Kier molecular flexibility index (Phi) is 4.15. The average Bonchev–Trinajstić information content (AvgIpc) is 2.91. The van der Waals surface area contributed by atoms with E-state index in [0.717, 1.165) is 21.8 Å². The number of benzene rings is 2. The summed E-state index contributed by atoms with van der Waals surface area (Å²) < 4.78 is 0.739. The summed E-state index contributed by atoms with van der Waals surface area (Å²) >= 11 is 6.65. The second-order valence-electron chi connectivity index (χ2n) is 6.32. The van der Waals surface area contributed by atoms with Crippen LogP contribution in [-0.2, 0) is 11.8 Å². The lowest BCUT2D eigenvalue weighted by molar-refractivity contribution is 0.507.